The van der Waals surface area contributed by atoms with Crippen molar-refractivity contribution in [2.75, 3.05) is 39.4 Å². The summed E-state index contributed by atoms with van der Waals surface area (Å²) in [5.74, 6) is 0. The molecular weight excluding hydrogens is 244 g/mol. The highest BCUT2D eigenvalue weighted by molar-refractivity contribution is 5.67. The predicted molar refractivity (Wildman–Crippen MR) is 75.3 cm³/mol. The molecule has 1 fully saturated rings. The number of carbonyl (C=O) groups is 1. The van der Waals surface area contributed by atoms with Gasteiger partial charge in [0.1, 0.15) is 6.10 Å². The Labute approximate surface area is 116 Å². The van der Waals surface area contributed by atoms with Gasteiger partial charge >= 0.3 is 6.09 Å². The van der Waals surface area contributed by atoms with E-state index in [1.54, 1.807) is 0 Å². The molecule has 1 N–H and O–H groups in total. The van der Waals surface area contributed by atoms with E-state index in [0.717, 1.165) is 58.5 Å². The molecule has 0 bridgehead atoms. The topological polar surface area (TPSA) is 50.8 Å². The van der Waals surface area contributed by atoms with Gasteiger partial charge in [0.05, 0.1) is 13.2 Å². The highest BCUT2D eigenvalue weighted by atomic mass is 16.6. The normalized spacial score (nSPS) is 18.0. The number of unbranched alkanes of at least 4 members (excludes halogenated alkanes) is 1. The lowest BCUT2D eigenvalue weighted by atomic mass is 10.1. The van der Waals surface area contributed by atoms with Gasteiger partial charge in [0, 0.05) is 26.2 Å². The third kappa shape index (κ3) is 7.38. The van der Waals surface area contributed by atoms with Crippen LogP contribution in [0.15, 0.2) is 0 Å². The summed E-state index contributed by atoms with van der Waals surface area (Å²) in [5, 5.41) is 2.83. The number of alkyl carbamates (subject to hydrolysis) is 1. The first-order valence-corrected chi connectivity index (χ1v) is 7.50. The van der Waals surface area contributed by atoms with Crippen LogP contribution in [0.3, 0.4) is 0 Å². The third-order valence-electron chi connectivity index (χ3n) is 3.41. The van der Waals surface area contributed by atoms with Gasteiger partial charge in [0.2, 0.25) is 0 Å². The van der Waals surface area contributed by atoms with Crippen LogP contribution in [0.25, 0.3) is 0 Å². The molecule has 5 nitrogen and oxygen atoms in total. The molecule has 19 heavy (non-hydrogen) atoms. The van der Waals surface area contributed by atoms with Crippen LogP contribution in [0.2, 0.25) is 0 Å². The van der Waals surface area contributed by atoms with Crippen LogP contribution < -0.4 is 5.32 Å². The Kier molecular flexibility index (Phi) is 8.58. The van der Waals surface area contributed by atoms with Gasteiger partial charge in [-0.25, -0.2) is 4.79 Å². The zero-order chi connectivity index (χ0) is 13.9. The number of amides is 1. The number of hydrogen-bond donors (Lipinski definition) is 1. The maximum absolute atomic E-state index is 11.6. The van der Waals surface area contributed by atoms with Gasteiger partial charge in [0.15, 0.2) is 0 Å². The van der Waals surface area contributed by atoms with Gasteiger partial charge in [-0.2, -0.15) is 0 Å². The van der Waals surface area contributed by atoms with E-state index in [4.69, 9.17) is 9.47 Å². The summed E-state index contributed by atoms with van der Waals surface area (Å²) in [6.45, 7) is 9.19. The second-order valence-corrected chi connectivity index (χ2v) is 4.96. The molecule has 1 saturated heterocycles. The molecule has 1 amide bonds. The van der Waals surface area contributed by atoms with Crippen molar-refractivity contribution >= 4 is 6.09 Å². The number of rotatable bonds is 8. The summed E-state index contributed by atoms with van der Waals surface area (Å²) < 4.78 is 10.7. The minimum Gasteiger partial charge on any atom is -0.446 e. The fourth-order valence-electron chi connectivity index (χ4n) is 2.11. The van der Waals surface area contributed by atoms with E-state index in [1.165, 1.54) is 0 Å². The first-order valence-electron chi connectivity index (χ1n) is 7.50. The molecule has 1 atom stereocenters. The van der Waals surface area contributed by atoms with Crippen molar-refractivity contribution in [3.63, 3.8) is 0 Å². The van der Waals surface area contributed by atoms with Gasteiger partial charge in [-0.15, -0.1) is 0 Å². The van der Waals surface area contributed by atoms with Crippen LogP contribution in [0, 0.1) is 0 Å². The average Bonchev–Trinajstić information content (AvgIpc) is 2.44. The zero-order valence-corrected chi connectivity index (χ0v) is 12.3. The van der Waals surface area contributed by atoms with Crippen LogP contribution >= 0.6 is 0 Å². The summed E-state index contributed by atoms with van der Waals surface area (Å²) >= 11 is 0. The van der Waals surface area contributed by atoms with Crippen molar-refractivity contribution in [3.05, 3.63) is 0 Å². The molecule has 1 unspecified atom stereocenters. The van der Waals surface area contributed by atoms with E-state index in [-0.39, 0.29) is 12.2 Å². The molecule has 1 aliphatic rings. The second kappa shape index (κ2) is 10.0. The first-order chi connectivity index (χ1) is 9.26. The molecule has 0 spiro atoms. The summed E-state index contributed by atoms with van der Waals surface area (Å²) in [4.78, 5) is 13.9. The lowest BCUT2D eigenvalue weighted by Crippen LogP contribution is -2.41. The van der Waals surface area contributed by atoms with E-state index in [9.17, 15) is 4.79 Å². The number of nitrogens with zero attached hydrogens (tertiary/aromatic N) is 1. The summed E-state index contributed by atoms with van der Waals surface area (Å²) in [6.07, 6.45) is 3.87. The van der Waals surface area contributed by atoms with Crippen LogP contribution in [-0.2, 0) is 9.47 Å². The van der Waals surface area contributed by atoms with Crippen LogP contribution in [-0.4, -0.2) is 56.5 Å². The monoisotopic (exact) mass is 272 g/mol. The number of nitrogens with one attached hydrogen (secondary N) is 1. The van der Waals surface area contributed by atoms with Crippen molar-refractivity contribution < 1.29 is 14.3 Å². The van der Waals surface area contributed by atoms with E-state index in [2.05, 4.69) is 24.1 Å². The Hall–Kier alpha value is -0.810. The zero-order valence-electron chi connectivity index (χ0n) is 12.3. The molecule has 1 rings (SSSR count). The first kappa shape index (κ1) is 16.2. The Bertz CT molecular complexity index is 243. The SMILES string of the molecule is CCCCC(CC)OC(=O)NCCN1CCOCC1. The number of carbonyl (C=O) groups excluding carboxylic acids is 1. The van der Waals surface area contributed by atoms with Gasteiger partial charge < -0.3 is 14.8 Å². The molecule has 0 saturated carbocycles. The highest BCUT2D eigenvalue weighted by Gasteiger charge is 2.13. The lowest BCUT2D eigenvalue weighted by Gasteiger charge is -2.26. The predicted octanol–water partition coefficient (Wildman–Crippen LogP) is 2.01. The quantitative estimate of drug-likeness (QED) is 0.734. The number of ether oxygens (including phenoxy) is 2. The fraction of sp³-hybridized carbons (Fsp3) is 0.929. The van der Waals surface area contributed by atoms with Gasteiger partial charge in [-0.1, -0.05) is 26.7 Å². The minimum absolute atomic E-state index is 0.0586. The number of hydrogen-bond acceptors (Lipinski definition) is 4. The summed E-state index contributed by atoms with van der Waals surface area (Å²) in [5.41, 5.74) is 0. The van der Waals surface area contributed by atoms with Gasteiger partial charge in [-0.05, 0) is 12.8 Å². The van der Waals surface area contributed by atoms with E-state index < -0.39 is 0 Å². The maximum atomic E-state index is 11.6. The summed E-state index contributed by atoms with van der Waals surface area (Å²) in [7, 11) is 0. The fourth-order valence-corrected chi connectivity index (χ4v) is 2.11. The maximum Gasteiger partial charge on any atom is 0.407 e. The molecule has 1 heterocycles. The van der Waals surface area contributed by atoms with E-state index in [0.29, 0.717) is 6.54 Å². The molecule has 0 aliphatic carbocycles. The van der Waals surface area contributed by atoms with Crippen LogP contribution in [0.4, 0.5) is 4.79 Å². The molecule has 0 radical (unpaired) electrons. The molecule has 112 valence electrons. The Morgan fingerprint density at radius 2 is 2.11 bits per heavy atom. The molecule has 0 aromatic heterocycles. The Morgan fingerprint density at radius 3 is 2.74 bits per heavy atom. The molecule has 1 aliphatic heterocycles. The van der Waals surface area contributed by atoms with Gasteiger partial charge in [-0.3, -0.25) is 4.90 Å². The smallest absolute Gasteiger partial charge is 0.407 e. The average molecular weight is 272 g/mol. The second-order valence-electron chi connectivity index (χ2n) is 4.96. The third-order valence-corrected chi connectivity index (χ3v) is 3.41. The van der Waals surface area contributed by atoms with Crippen molar-refractivity contribution in [3.8, 4) is 0 Å². The lowest BCUT2D eigenvalue weighted by molar-refractivity contribution is 0.0376. The molecule has 0 aromatic rings. The highest BCUT2D eigenvalue weighted by Crippen LogP contribution is 2.08. The van der Waals surface area contributed by atoms with E-state index >= 15 is 0 Å². The van der Waals surface area contributed by atoms with Crippen LogP contribution in [0.1, 0.15) is 39.5 Å². The number of morpholine rings is 1. The summed E-state index contributed by atoms with van der Waals surface area (Å²) in [6, 6.07) is 0. The van der Waals surface area contributed by atoms with Crippen molar-refractivity contribution in [1.82, 2.24) is 10.2 Å². The van der Waals surface area contributed by atoms with Crippen molar-refractivity contribution in [1.29, 1.82) is 0 Å². The minimum atomic E-state index is -0.281. The van der Waals surface area contributed by atoms with Crippen molar-refractivity contribution in [2.24, 2.45) is 0 Å². The van der Waals surface area contributed by atoms with Gasteiger partial charge in [0.25, 0.3) is 0 Å². The van der Waals surface area contributed by atoms with Crippen molar-refractivity contribution in [2.45, 2.75) is 45.6 Å². The van der Waals surface area contributed by atoms with E-state index in [1.807, 2.05) is 0 Å². The molecule has 5 heteroatoms. The Balaban J connectivity index is 2.08. The van der Waals surface area contributed by atoms with Crippen LogP contribution in [0.5, 0.6) is 0 Å². The largest absolute Gasteiger partial charge is 0.446 e. The molecule has 0 aromatic carbocycles. The molecular formula is C14H28N2O3. The Morgan fingerprint density at radius 1 is 1.37 bits per heavy atom. The standard InChI is InChI=1S/C14H28N2O3/c1-3-5-6-13(4-2)19-14(17)15-7-8-16-9-11-18-12-10-16/h13H,3-12H2,1-2H3,(H,15,17).